The van der Waals surface area contributed by atoms with Gasteiger partial charge in [0, 0.05) is 0 Å². The molecule has 0 aromatic heterocycles. The van der Waals surface area contributed by atoms with E-state index in [9.17, 15) is 0 Å². The van der Waals surface area contributed by atoms with Crippen LogP contribution in [0.15, 0.2) is 127 Å². The molecule has 0 aliphatic heterocycles. The zero-order chi connectivity index (χ0) is 25.3. The molecule has 0 radical (unpaired) electrons. The molecule has 1 aliphatic carbocycles. The van der Waals surface area contributed by atoms with Gasteiger partial charge >= 0.3 is 76.7 Å². The van der Waals surface area contributed by atoms with E-state index in [2.05, 4.69) is 142 Å². The van der Waals surface area contributed by atoms with E-state index in [0.717, 1.165) is 0 Å². The topological polar surface area (TPSA) is 0 Å². The molecular formula is C35H32Cl2Zr-2. The third-order valence-electron chi connectivity index (χ3n) is 6.35. The molecule has 0 saturated carbocycles. The van der Waals surface area contributed by atoms with Crippen LogP contribution >= 0.6 is 0 Å². The van der Waals surface area contributed by atoms with Gasteiger partial charge < -0.3 is 24.8 Å². The minimum absolute atomic E-state index is 0. The zero-order valence-electron chi connectivity index (χ0n) is 22.1. The van der Waals surface area contributed by atoms with Crippen molar-refractivity contribution in [1.29, 1.82) is 0 Å². The maximum atomic E-state index is 3.39. The molecular weight excluding hydrogens is 583 g/mol. The summed E-state index contributed by atoms with van der Waals surface area (Å²) in [5, 5.41) is 5.39. The standard InChI is InChI=1S/C13H9.C13H13.C9H10.2ClH.Zr/c1-3-7-12-10(5-1)9-11-6-2-4-8-13(11)12;1-10-8-11(2)13(9-10)12-6-4-3-5-7-12;1-2-6-9-7-4-3-5-8-9;;;/h1-9H;3-7,9-10H,1-2H3;3-5,7-8H,2H2,1H3;2*1H;/q2*-1;;;;+2/p-2. The fourth-order valence-corrected chi connectivity index (χ4v) is 4.92. The van der Waals surface area contributed by atoms with E-state index in [0.29, 0.717) is 5.92 Å². The third-order valence-corrected chi connectivity index (χ3v) is 7.93. The van der Waals surface area contributed by atoms with Crippen LogP contribution in [0.25, 0.3) is 27.1 Å². The molecule has 38 heavy (non-hydrogen) atoms. The smallest absolute Gasteiger partial charge is 0.0771 e. The average molecular weight is 615 g/mol. The Kier molecular flexibility index (Phi) is 13.3. The molecule has 1 aliphatic rings. The fraction of sp³-hybridized carbons (Fsp3) is 0.143. The second-order valence-corrected chi connectivity index (χ2v) is 10.5. The predicted molar refractivity (Wildman–Crippen MR) is 154 cm³/mol. The first-order valence-electron chi connectivity index (χ1n) is 12.6. The summed E-state index contributed by atoms with van der Waals surface area (Å²) in [6, 6.07) is 40.4. The van der Waals surface area contributed by atoms with Gasteiger partial charge in [-0.3, -0.25) is 6.08 Å². The van der Waals surface area contributed by atoms with E-state index in [4.69, 9.17) is 0 Å². The van der Waals surface area contributed by atoms with Gasteiger partial charge in [0.25, 0.3) is 0 Å². The van der Waals surface area contributed by atoms with Crippen molar-refractivity contribution in [3.8, 4) is 0 Å². The Labute approximate surface area is 255 Å². The van der Waals surface area contributed by atoms with Crippen LogP contribution in [0.2, 0.25) is 0 Å². The van der Waals surface area contributed by atoms with Crippen molar-refractivity contribution in [2.45, 2.75) is 27.2 Å². The van der Waals surface area contributed by atoms with Gasteiger partial charge in [0.15, 0.2) is 0 Å². The normalized spacial score (nSPS) is 13.6. The van der Waals surface area contributed by atoms with E-state index in [1.165, 1.54) is 74.5 Å². The maximum Gasteiger partial charge on any atom is -0.0771 e. The molecule has 1 atom stereocenters. The summed E-state index contributed by atoms with van der Waals surface area (Å²) >= 11 is 1.54. The van der Waals surface area contributed by atoms with Crippen LogP contribution < -0.4 is 24.8 Å². The van der Waals surface area contributed by atoms with Crippen LogP contribution in [0, 0.1) is 12.0 Å². The maximum absolute atomic E-state index is 3.39. The van der Waals surface area contributed by atoms with Gasteiger partial charge in [-0.25, -0.2) is 5.57 Å². The molecule has 0 fully saturated rings. The molecule has 6 rings (SSSR count). The van der Waals surface area contributed by atoms with Crippen molar-refractivity contribution in [3.05, 3.63) is 144 Å². The summed E-state index contributed by atoms with van der Waals surface area (Å²) in [6.07, 6.45) is 6.84. The molecule has 0 saturated heterocycles. The van der Waals surface area contributed by atoms with Gasteiger partial charge in [0.2, 0.25) is 0 Å². The summed E-state index contributed by atoms with van der Waals surface area (Å²) in [6.45, 7) is 6.50. The molecule has 3 heteroatoms. The Balaban J connectivity index is 0.000000197. The van der Waals surface area contributed by atoms with Gasteiger partial charge in [-0.15, -0.1) is 45.3 Å². The Bertz CT molecular complexity index is 1440. The molecule has 0 spiro atoms. The van der Waals surface area contributed by atoms with Crippen molar-refractivity contribution in [3.63, 3.8) is 0 Å². The zero-order valence-corrected chi connectivity index (χ0v) is 26.1. The van der Waals surface area contributed by atoms with Gasteiger partial charge in [-0.05, 0) is 0 Å². The molecule has 0 bridgehead atoms. The van der Waals surface area contributed by atoms with E-state index >= 15 is 0 Å². The number of benzene rings is 4. The molecule has 0 N–H and O–H groups in total. The molecule has 0 amide bonds. The van der Waals surface area contributed by atoms with Crippen molar-refractivity contribution in [2.75, 3.05) is 0 Å². The van der Waals surface area contributed by atoms with Gasteiger partial charge in [0.05, 0.1) is 0 Å². The minimum Gasteiger partial charge on any atom is -1.00 e. The average Bonchev–Trinajstić information content (AvgIpc) is 3.48. The molecule has 0 nitrogen and oxygen atoms in total. The van der Waals surface area contributed by atoms with Crippen molar-refractivity contribution in [1.82, 2.24) is 0 Å². The van der Waals surface area contributed by atoms with Crippen LogP contribution in [0.5, 0.6) is 0 Å². The molecule has 5 aromatic carbocycles. The summed E-state index contributed by atoms with van der Waals surface area (Å²) in [5.74, 6) is 0.468. The van der Waals surface area contributed by atoms with Gasteiger partial charge in [0.1, 0.15) is 0 Å². The van der Waals surface area contributed by atoms with Gasteiger partial charge in [-0.1, -0.05) is 86.5 Å². The molecule has 1 unspecified atom stereocenters. The number of rotatable bonds is 3. The van der Waals surface area contributed by atoms with Crippen molar-refractivity contribution < 1.29 is 49.0 Å². The number of hydrogen-bond donors (Lipinski definition) is 0. The minimum atomic E-state index is 0. The first-order valence-corrected chi connectivity index (χ1v) is 13.8. The Morgan fingerprint density at radius 1 is 0.737 bits per heavy atom. The Morgan fingerprint density at radius 3 is 1.68 bits per heavy atom. The molecule has 192 valence electrons. The summed E-state index contributed by atoms with van der Waals surface area (Å²) in [4.78, 5) is 0. The van der Waals surface area contributed by atoms with Crippen LogP contribution in [-0.4, -0.2) is 3.21 Å². The molecule has 0 heterocycles. The van der Waals surface area contributed by atoms with E-state index in [1.54, 1.807) is 3.21 Å². The van der Waals surface area contributed by atoms with Crippen LogP contribution in [0.4, 0.5) is 0 Å². The fourth-order valence-electron chi connectivity index (χ4n) is 4.51. The Morgan fingerprint density at radius 2 is 1.21 bits per heavy atom. The first kappa shape index (κ1) is 31.8. The third kappa shape index (κ3) is 8.28. The SMILES string of the molecule is CC1=[C-]C(C)C=C1c1ccccc1.CC[C](=[Zr+2])c1ccccc1.[Cl-].[Cl-].c1ccc2c(c1)[cH-]c1ccccc12. The second kappa shape index (κ2) is 15.8. The van der Waals surface area contributed by atoms with Crippen molar-refractivity contribution in [2.24, 2.45) is 5.92 Å². The Hall–Kier alpha value is -2.44. The number of hydrogen-bond acceptors (Lipinski definition) is 0. The summed E-state index contributed by atoms with van der Waals surface area (Å²) in [5.41, 5.74) is 5.33. The van der Waals surface area contributed by atoms with Crippen LogP contribution in [-0.2, 0) is 24.2 Å². The largest absolute Gasteiger partial charge is 1.00 e. The van der Waals surface area contributed by atoms with E-state index in [1.807, 2.05) is 6.07 Å². The van der Waals surface area contributed by atoms with Crippen LogP contribution in [0.3, 0.4) is 0 Å². The van der Waals surface area contributed by atoms with Gasteiger partial charge in [-0.2, -0.15) is 11.6 Å². The number of halogens is 2. The molecule has 5 aromatic rings. The quantitative estimate of drug-likeness (QED) is 0.274. The summed E-state index contributed by atoms with van der Waals surface area (Å²) in [7, 11) is 0. The first-order chi connectivity index (χ1) is 17.6. The number of fused-ring (bicyclic) bond motifs is 3. The monoisotopic (exact) mass is 612 g/mol. The number of allylic oxidation sites excluding steroid dienone is 4. The van der Waals surface area contributed by atoms with E-state index < -0.39 is 0 Å². The van der Waals surface area contributed by atoms with Crippen molar-refractivity contribution >= 4 is 30.3 Å². The van der Waals surface area contributed by atoms with Crippen LogP contribution in [0.1, 0.15) is 38.3 Å². The predicted octanol–water partition coefficient (Wildman–Crippen LogP) is 3.35. The summed E-state index contributed by atoms with van der Waals surface area (Å²) < 4.78 is 1.55. The van der Waals surface area contributed by atoms with E-state index in [-0.39, 0.29) is 24.8 Å². The second-order valence-electron chi connectivity index (χ2n) is 9.02.